The summed E-state index contributed by atoms with van der Waals surface area (Å²) in [6.07, 6.45) is 0. The Morgan fingerprint density at radius 3 is 2.34 bits per heavy atom. The van der Waals surface area contributed by atoms with Crippen LogP contribution in [0.2, 0.25) is 0 Å². The first kappa shape index (κ1) is 21.1. The molecule has 0 spiro atoms. The van der Waals surface area contributed by atoms with Crippen LogP contribution >= 0.6 is 11.3 Å². The molecule has 3 aromatic rings. The van der Waals surface area contributed by atoms with Crippen molar-refractivity contribution in [2.75, 3.05) is 21.3 Å². The minimum Gasteiger partial charge on any atom is -0.493 e. The van der Waals surface area contributed by atoms with E-state index in [1.807, 2.05) is 36.4 Å². The zero-order valence-electron chi connectivity index (χ0n) is 17.7. The van der Waals surface area contributed by atoms with Crippen LogP contribution in [-0.2, 0) is 19.7 Å². The molecule has 5 nitrogen and oxygen atoms in total. The molecule has 154 valence electrons. The Bertz CT molecular complexity index is 938. The van der Waals surface area contributed by atoms with E-state index in [1.165, 1.54) is 16.7 Å². The van der Waals surface area contributed by atoms with Crippen LogP contribution < -0.4 is 14.2 Å². The molecule has 0 saturated heterocycles. The number of rotatable bonds is 9. The molecule has 2 aromatic carbocycles. The van der Waals surface area contributed by atoms with E-state index in [9.17, 15) is 0 Å². The van der Waals surface area contributed by atoms with E-state index in [0.717, 1.165) is 41.0 Å². The van der Waals surface area contributed by atoms with Crippen LogP contribution in [0.5, 0.6) is 17.2 Å². The first-order valence-electron chi connectivity index (χ1n) is 9.51. The Labute approximate surface area is 176 Å². The highest BCUT2D eigenvalue weighted by Gasteiger charge is 2.12. The topological polar surface area (TPSA) is 43.8 Å². The van der Waals surface area contributed by atoms with Crippen molar-refractivity contribution < 1.29 is 14.2 Å². The first-order chi connectivity index (χ1) is 14.0. The lowest BCUT2D eigenvalue weighted by atomic mass is 10.1. The van der Waals surface area contributed by atoms with Gasteiger partial charge < -0.3 is 14.2 Å². The average Bonchev–Trinajstić information content (AvgIpc) is 3.15. The third kappa shape index (κ3) is 5.71. The maximum atomic E-state index is 5.83. The van der Waals surface area contributed by atoms with Gasteiger partial charge in [-0.15, -0.1) is 11.3 Å². The molecule has 0 unspecified atom stereocenters. The first-order valence-corrected chi connectivity index (χ1v) is 10.4. The van der Waals surface area contributed by atoms with Crippen molar-refractivity contribution in [2.45, 2.75) is 33.5 Å². The molecule has 0 radical (unpaired) electrons. The van der Waals surface area contributed by atoms with Crippen LogP contribution in [0.4, 0.5) is 0 Å². The summed E-state index contributed by atoms with van der Waals surface area (Å²) >= 11 is 1.64. The Balaban J connectivity index is 1.57. The van der Waals surface area contributed by atoms with Gasteiger partial charge in [-0.05, 0) is 56.3 Å². The maximum absolute atomic E-state index is 5.83. The van der Waals surface area contributed by atoms with Crippen molar-refractivity contribution in [2.24, 2.45) is 0 Å². The van der Waals surface area contributed by atoms with E-state index >= 15 is 0 Å². The fourth-order valence-corrected chi connectivity index (χ4v) is 3.78. The van der Waals surface area contributed by atoms with Crippen LogP contribution in [0.15, 0.2) is 41.8 Å². The van der Waals surface area contributed by atoms with E-state index in [1.54, 1.807) is 25.6 Å². The SMILES string of the molecule is COc1cc(C)c(CN(C)Cc2csc(COc3ccc(C)cc3)n2)cc1OC. The average molecular weight is 413 g/mol. The van der Waals surface area contributed by atoms with E-state index < -0.39 is 0 Å². The molecule has 0 bridgehead atoms. The normalized spacial score (nSPS) is 11.0. The van der Waals surface area contributed by atoms with Crippen molar-refractivity contribution in [1.29, 1.82) is 0 Å². The van der Waals surface area contributed by atoms with Gasteiger partial charge in [0, 0.05) is 18.5 Å². The summed E-state index contributed by atoms with van der Waals surface area (Å²) < 4.78 is 16.6. The molecular formula is C23H28N2O3S. The summed E-state index contributed by atoms with van der Waals surface area (Å²) in [5.41, 5.74) is 4.67. The minimum absolute atomic E-state index is 0.492. The van der Waals surface area contributed by atoms with E-state index in [0.29, 0.717) is 6.61 Å². The number of hydrogen-bond acceptors (Lipinski definition) is 6. The lowest BCUT2D eigenvalue weighted by Gasteiger charge is -2.18. The van der Waals surface area contributed by atoms with Crippen LogP contribution in [0.1, 0.15) is 27.4 Å². The Kier molecular flexibility index (Phi) is 7.12. The Morgan fingerprint density at radius 1 is 0.966 bits per heavy atom. The molecule has 3 rings (SSSR count). The summed E-state index contributed by atoms with van der Waals surface area (Å²) in [7, 11) is 5.42. The highest BCUT2D eigenvalue weighted by atomic mass is 32.1. The maximum Gasteiger partial charge on any atom is 0.161 e. The second-order valence-electron chi connectivity index (χ2n) is 7.14. The van der Waals surface area contributed by atoms with Gasteiger partial charge in [-0.2, -0.15) is 0 Å². The number of benzene rings is 2. The van der Waals surface area contributed by atoms with Gasteiger partial charge in [0.15, 0.2) is 11.5 Å². The molecule has 29 heavy (non-hydrogen) atoms. The lowest BCUT2D eigenvalue weighted by molar-refractivity contribution is 0.300. The molecule has 0 aliphatic carbocycles. The molecule has 6 heteroatoms. The Hall–Kier alpha value is -2.57. The van der Waals surface area contributed by atoms with Gasteiger partial charge in [-0.3, -0.25) is 4.90 Å². The van der Waals surface area contributed by atoms with Gasteiger partial charge in [0.1, 0.15) is 17.4 Å². The van der Waals surface area contributed by atoms with Crippen molar-refractivity contribution >= 4 is 11.3 Å². The number of methoxy groups -OCH3 is 2. The summed E-state index contributed by atoms with van der Waals surface area (Å²) in [5.74, 6) is 2.38. The smallest absolute Gasteiger partial charge is 0.161 e. The molecule has 0 fully saturated rings. The third-order valence-electron chi connectivity index (χ3n) is 4.70. The Morgan fingerprint density at radius 2 is 1.66 bits per heavy atom. The van der Waals surface area contributed by atoms with Crippen LogP contribution in [0.3, 0.4) is 0 Å². The second-order valence-corrected chi connectivity index (χ2v) is 8.08. The van der Waals surface area contributed by atoms with Crippen molar-refractivity contribution in [3.05, 3.63) is 69.2 Å². The number of thiazole rings is 1. The summed E-state index contributed by atoms with van der Waals surface area (Å²) in [6, 6.07) is 12.1. The summed E-state index contributed by atoms with van der Waals surface area (Å²) in [5, 5.41) is 3.09. The predicted octanol–water partition coefficient (Wildman–Crippen LogP) is 4.99. The third-order valence-corrected chi connectivity index (χ3v) is 5.57. The van der Waals surface area contributed by atoms with Crippen LogP contribution in [-0.4, -0.2) is 31.2 Å². The van der Waals surface area contributed by atoms with Crippen LogP contribution in [0.25, 0.3) is 0 Å². The van der Waals surface area contributed by atoms with Crippen molar-refractivity contribution in [3.63, 3.8) is 0 Å². The highest BCUT2D eigenvalue weighted by molar-refractivity contribution is 7.09. The quantitative estimate of drug-likeness (QED) is 0.495. The summed E-state index contributed by atoms with van der Waals surface area (Å²) in [4.78, 5) is 6.96. The van der Waals surface area contributed by atoms with Gasteiger partial charge >= 0.3 is 0 Å². The standard InChI is InChI=1S/C23H28N2O3S/c1-16-6-8-20(9-7-16)28-14-23-24-19(15-29-23)13-25(3)12-18-11-22(27-5)21(26-4)10-17(18)2/h6-11,15H,12-14H2,1-5H3. The molecule has 0 aliphatic heterocycles. The molecular weight excluding hydrogens is 384 g/mol. The van der Waals surface area contributed by atoms with Gasteiger partial charge in [-0.1, -0.05) is 17.7 Å². The number of hydrogen-bond donors (Lipinski definition) is 0. The molecule has 0 N–H and O–H groups in total. The fourth-order valence-electron chi connectivity index (χ4n) is 3.08. The van der Waals surface area contributed by atoms with E-state index in [-0.39, 0.29) is 0 Å². The number of nitrogens with zero attached hydrogens (tertiary/aromatic N) is 2. The molecule has 0 amide bonds. The van der Waals surface area contributed by atoms with E-state index in [4.69, 9.17) is 19.2 Å². The number of aromatic nitrogens is 1. The minimum atomic E-state index is 0.492. The van der Waals surface area contributed by atoms with Crippen molar-refractivity contribution in [1.82, 2.24) is 9.88 Å². The van der Waals surface area contributed by atoms with Gasteiger partial charge in [0.05, 0.1) is 19.9 Å². The largest absolute Gasteiger partial charge is 0.493 e. The zero-order valence-corrected chi connectivity index (χ0v) is 18.5. The van der Waals surface area contributed by atoms with Gasteiger partial charge in [0.2, 0.25) is 0 Å². The molecule has 1 heterocycles. The molecule has 1 aromatic heterocycles. The second kappa shape index (κ2) is 9.76. The van der Waals surface area contributed by atoms with E-state index in [2.05, 4.69) is 31.2 Å². The fraction of sp³-hybridized carbons (Fsp3) is 0.348. The summed E-state index contributed by atoms with van der Waals surface area (Å²) in [6.45, 7) is 6.23. The molecule has 0 aliphatic rings. The van der Waals surface area contributed by atoms with Gasteiger partial charge in [-0.25, -0.2) is 4.98 Å². The zero-order chi connectivity index (χ0) is 20.8. The number of aryl methyl sites for hydroxylation is 2. The van der Waals surface area contributed by atoms with Crippen LogP contribution in [0, 0.1) is 13.8 Å². The molecule has 0 atom stereocenters. The monoisotopic (exact) mass is 412 g/mol. The van der Waals surface area contributed by atoms with Gasteiger partial charge in [0.25, 0.3) is 0 Å². The van der Waals surface area contributed by atoms with Crippen molar-refractivity contribution in [3.8, 4) is 17.2 Å². The predicted molar refractivity (Wildman–Crippen MR) is 117 cm³/mol. The number of ether oxygens (including phenoxy) is 3. The molecule has 0 saturated carbocycles. The lowest BCUT2D eigenvalue weighted by Crippen LogP contribution is -2.18. The highest BCUT2D eigenvalue weighted by Crippen LogP contribution is 2.31.